The lowest BCUT2D eigenvalue weighted by atomic mass is 10.2. The van der Waals surface area contributed by atoms with Crippen molar-refractivity contribution in [1.29, 1.82) is 0 Å². The molecule has 0 unspecified atom stereocenters. The van der Waals surface area contributed by atoms with Crippen LogP contribution in [0.5, 0.6) is 0 Å². The number of hydrogen-bond acceptors (Lipinski definition) is 3. The quantitative estimate of drug-likeness (QED) is 0.848. The monoisotopic (exact) mass is 313 g/mol. The predicted octanol–water partition coefficient (Wildman–Crippen LogP) is 2.24. The van der Waals surface area contributed by atoms with Crippen molar-refractivity contribution in [1.82, 2.24) is 14.9 Å². The number of aromatic nitrogens is 2. The van der Waals surface area contributed by atoms with Crippen LogP contribution in [0.4, 0.5) is 0 Å². The molecule has 1 fully saturated rings. The normalized spacial score (nSPS) is 16.3. The lowest BCUT2D eigenvalue weighted by Crippen LogP contribution is -2.29. The van der Waals surface area contributed by atoms with Gasteiger partial charge < -0.3 is 5.32 Å². The first-order valence-corrected chi connectivity index (χ1v) is 7.42. The summed E-state index contributed by atoms with van der Waals surface area (Å²) in [5.74, 6) is 0. The molecule has 0 radical (unpaired) electrons. The Kier molecular flexibility index (Phi) is 4.95. The molecular weight excluding hydrogens is 294 g/mol. The van der Waals surface area contributed by atoms with E-state index in [1.54, 1.807) is 10.9 Å². The van der Waals surface area contributed by atoms with Crippen LogP contribution < -0.4 is 10.9 Å². The number of rotatable bonds is 5. The van der Waals surface area contributed by atoms with Crippen LogP contribution in [0.25, 0.3) is 0 Å². The lowest BCUT2D eigenvalue weighted by Gasteiger charge is -2.12. The maximum atomic E-state index is 11.9. The van der Waals surface area contributed by atoms with Crippen molar-refractivity contribution >= 4 is 15.9 Å². The van der Waals surface area contributed by atoms with Gasteiger partial charge in [-0.25, -0.2) is 4.98 Å². The molecule has 0 saturated heterocycles. The van der Waals surface area contributed by atoms with Crippen LogP contribution in [-0.4, -0.2) is 22.1 Å². The van der Waals surface area contributed by atoms with Crippen LogP contribution in [0.1, 0.15) is 37.8 Å². The first kappa shape index (κ1) is 13.7. The van der Waals surface area contributed by atoms with Gasteiger partial charge in [0.15, 0.2) is 0 Å². The van der Waals surface area contributed by atoms with Crippen molar-refractivity contribution in [2.24, 2.45) is 0 Å². The number of halogens is 1. The molecule has 4 nitrogen and oxygen atoms in total. The summed E-state index contributed by atoms with van der Waals surface area (Å²) in [6.45, 7) is 3.53. The molecule has 0 spiro atoms. The smallest absolute Gasteiger partial charge is 0.267 e. The van der Waals surface area contributed by atoms with E-state index in [4.69, 9.17) is 0 Å². The number of nitrogens with one attached hydrogen (secondary N) is 1. The maximum absolute atomic E-state index is 11.9. The van der Waals surface area contributed by atoms with E-state index in [0.717, 1.165) is 25.2 Å². The summed E-state index contributed by atoms with van der Waals surface area (Å²) in [5.41, 5.74) is 0.767. The molecule has 1 aromatic rings. The zero-order chi connectivity index (χ0) is 13.0. The molecular formula is C13H20BrN3O. The Morgan fingerprint density at radius 3 is 2.94 bits per heavy atom. The van der Waals surface area contributed by atoms with Gasteiger partial charge in [-0.2, -0.15) is 0 Å². The molecule has 0 aromatic carbocycles. The molecule has 5 heteroatoms. The largest absolute Gasteiger partial charge is 0.314 e. The topological polar surface area (TPSA) is 46.9 Å². The highest BCUT2D eigenvalue weighted by atomic mass is 79.9. The summed E-state index contributed by atoms with van der Waals surface area (Å²) in [7, 11) is 0. The molecule has 1 N–H and O–H groups in total. The number of aryl methyl sites for hydroxylation is 2. The van der Waals surface area contributed by atoms with Gasteiger partial charge in [-0.15, -0.1) is 0 Å². The molecule has 18 heavy (non-hydrogen) atoms. The summed E-state index contributed by atoms with van der Waals surface area (Å²) in [6.07, 6.45) is 7.92. The Labute approximate surface area is 116 Å². The fourth-order valence-corrected chi connectivity index (χ4v) is 2.72. The Morgan fingerprint density at radius 1 is 1.50 bits per heavy atom. The maximum Gasteiger partial charge on any atom is 0.267 e. The lowest BCUT2D eigenvalue weighted by molar-refractivity contribution is 0.490. The van der Waals surface area contributed by atoms with Gasteiger partial charge in [0, 0.05) is 12.6 Å². The molecule has 0 amide bonds. The van der Waals surface area contributed by atoms with Crippen LogP contribution in [-0.2, 0) is 6.54 Å². The molecule has 1 aliphatic rings. The van der Waals surface area contributed by atoms with Crippen LogP contribution in [0.3, 0.4) is 0 Å². The Morgan fingerprint density at radius 2 is 2.22 bits per heavy atom. The highest BCUT2D eigenvalue weighted by Gasteiger charge is 2.13. The van der Waals surface area contributed by atoms with Crippen molar-refractivity contribution in [3.05, 3.63) is 26.8 Å². The molecule has 2 rings (SSSR count). The Balaban J connectivity index is 1.79. The van der Waals surface area contributed by atoms with Gasteiger partial charge in [-0.3, -0.25) is 9.36 Å². The van der Waals surface area contributed by atoms with Gasteiger partial charge in [0.2, 0.25) is 0 Å². The minimum Gasteiger partial charge on any atom is -0.314 e. The predicted molar refractivity (Wildman–Crippen MR) is 75.8 cm³/mol. The van der Waals surface area contributed by atoms with Gasteiger partial charge in [0.05, 0.1) is 12.0 Å². The summed E-state index contributed by atoms with van der Waals surface area (Å²) in [4.78, 5) is 16.1. The van der Waals surface area contributed by atoms with Crippen molar-refractivity contribution in [2.45, 2.75) is 51.6 Å². The standard InChI is InChI=1S/C13H20BrN3O/c1-10-12(14)13(18)17(9-16-10)8-4-7-15-11-5-2-3-6-11/h9,11,15H,2-8H2,1H3. The van der Waals surface area contributed by atoms with Gasteiger partial charge in [-0.1, -0.05) is 12.8 Å². The van der Waals surface area contributed by atoms with Gasteiger partial charge in [0.1, 0.15) is 4.47 Å². The second-order valence-corrected chi connectivity index (χ2v) is 5.72. The van der Waals surface area contributed by atoms with Crippen molar-refractivity contribution < 1.29 is 0 Å². The third-order valence-electron chi connectivity index (χ3n) is 3.52. The second-order valence-electron chi connectivity index (χ2n) is 4.93. The van der Waals surface area contributed by atoms with Crippen LogP contribution in [0, 0.1) is 6.92 Å². The second kappa shape index (κ2) is 6.48. The van der Waals surface area contributed by atoms with Crippen LogP contribution in [0.2, 0.25) is 0 Å². The highest BCUT2D eigenvalue weighted by molar-refractivity contribution is 9.10. The average Bonchev–Trinajstić information content (AvgIpc) is 2.87. The zero-order valence-corrected chi connectivity index (χ0v) is 12.4. The van der Waals surface area contributed by atoms with E-state index in [2.05, 4.69) is 26.2 Å². The molecule has 1 saturated carbocycles. The molecule has 1 aromatic heterocycles. The first-order valence-electron chi connectivity index (χ1n) is 6.63. The summed E-state index contributed by atoms with van der Waals surface area (Å²) >= 11 is 3.28. The zero-order valence-electron chi connectivity index (χ0n) is 10.8. The summed E-state index contributed by atoms with van der Waals surface area (Å²) in [5, 5.41) is 3.55. The molecule has 0 atom stereocenters. The van der Waals surface area contributed by atoms with Gasteiger partial charge in [-0.05, 0) is 48.7 Å². The molecule has 100 valence electrons. The fourth-order valence-electron chi connectivity index (χ4n) is 2.39. The SMILES string of the molecule is Cc1ncn(CCCNC2CCCC2)c(=O)c1Br. The van der Waals surface area contributed by atoms with E-state index in [1.165, 1.54) is 25.7 Å². The van der Waals surface area contributed by atoms with Crippen molar-refractivity contribution in [3.63, 3.8) is 0 Å². The van der Waals surface area contributed by atoms with E-state index in [9.17, 15) is 4.79 Å². The van der Waals surface area contributed by atoms with E-state index in [1.807, 2.05) is 6.92 Å². The molecule has 1 aliphatic carbocycles. The number of nitrogens with zero attached hydrogens (tertiary/aromatic N) is 2. The number of hydrogen-bond donors (Lipinski definition) is 1. The summed E-state index contributed by atoms with van der Waals surface area (Å²) < 4.78 is 2.25. The van der Waals surface area contributed by atoms with Gasteiger partial charge >= 0.3 is 0 Å². The van der Waals surface area contributed by atoms with E-state index in [0.29, 0.717) is 10.5 Å². The average molecular weight is 314 g/mol. The first-order chi connectivity index (χ1) is 8.68. The summed E-state index contributed by atoms with van der Waals surface area (Å²) in [6, 6.07) is 0.699. The third-order valence-corrected chi connectivity index (χ3v) is 4.43. The van der Waals surface area contributed by atoms with E-state index >= 15 is 0 Å². The third kappa shape index (κ3) is 3.42. The Hall–Kier alpha value is -0.680. The minimum absolute atomic E-state index is 0.0170. The van der Waals surface area contributed by atoms with Gasteiger partial charge in [0.25, 0.3) is 5.56 Å². The molecule has 0 aliphatic heterocycles. The van der Waals surface area contributed by atoms with Crippen LogP contribution >= 0.6 is 15.9 Å². The molecule has 1 heterocycles. The van der Waals surface area contributed by atoms with Crippen molar-refractivity contribution in [3.8, 4) is 0 Å². The van der Waals surface area contributed by atoms with Crippen LogP contribution in [0.15, 0.2) is 15.6 Å². The Bertz CT molecular complexity index is 452. The van der Waals surface area contributed by atoms with E-state index < -0.39 is 0 Å². The highest BCUT2D eigenvalue weighted by Crippen LogP contribution is 2.17. The van der Waals surface area contributed by atoms with E-state index in [-0.39, 0.29) is 5.56 Å². The fraction of sp³-hybridized carbons (Fsp3) is 0.692. The molecule has 0 bridgehead atoms. The van der Waals surface area contributed by atoms with Crippen molar-refractivity contribution in [2.75, 3.05) is 6.54 Å². The minimum atomic E-state index is 0.0170.